The van der Waals surface area contributed by atoms with Crippen molar-refractivity contribution in [2.24, 2.45) is 0 Å². The van der Waals surface area contributed by atoms with Crippen LogP contribution in [0.3, 0.4) is 0 Å². The van der Waals surface area contributed by atoms with Gasteiger partial charge in [0.1, 0.15) is 0 Å². The van der Waals surface area contributed by atoms with Gasteiger partial charge in [0.2, 0.25) is 0 Å². The Balaban J connectivity index is 1.83. The van der Waals surface area contributed by atoms with Gasteiger partial charge in [-0.3, -0.25) is 0 Å². The van der Waals surface area contributed by atoms with Crippen LogP contribution in [0, 0.1) is 11.6 Å². The second kappa shape index (κ2) is 13.0. The number of halogens is 2. The normalized spacial score (nSPS) is 12.4. The average Bonchev–Trinajstić information content (AvgIpc) is 2.75. The molecule has 0 amide bonds. The zero-order valence-electron chi connectivity index (χ0n) is 18.0. The molecule has 0 aliphatic rings. The van der Waals surface area contributed by atoms with Crippen LogP contribution >= 0.6 is 0 Å². The molecule has 1 aromatic heterocycles. The molecular weight excluding hydrogens is 382 g/mol. The Kier molecular flexibility index (Phi) is 10.4. The third kappa shape index (κ3) is 7.45. The molecule has 0 bridgehead atoms. The minimum absolute atomic E-state index is 0.156. The Morgan fingerprint density at radius 1 is 1.10 bits per heavy atom. The Bertz CT molecular complexity index is 819. The number of benzene rings is 1. The van der Waals surface area contributed by atoms with Gasteiger partial charge in [-0.25, -0.2) is 18.7 Å². The van der Waals surface area contributed by atoms with Crippen molar-refractivity contribution in [1.82, 2.24) is 9.97 Å². The van der Waals surface area contributed by atoms with Gasteiger partial charge in [0.15, 0.2) is 17.5 Å². The standard InChI is InChI=1S/C25H32F2N2O/c1-4-6-10-16-30-19(3)12-8-7-9-13-23-28-17-21(18-29-23)22-15-14-20(11-5-2)24(26)25(22)27/h5,9,13-15,17-19H,2,4,6-8,10-12,16H2,1,3H3. The lowest BCUT2D eigenvalue weighted by molar-refractivity contribution is 0.0566. The van der Waals surface area contributed by atoms with Gasteiger partial charge in [-0.05, 0) is 50.7 Å². The summed E-state index contributed by atoms with van der Waals surface area (Å²) >= 11 is 0. The van der Waals surface area contributed by atoms with Crippen LogP contribution in [0.5, 0.6) is 0 Å². The molecule has 30 heavy (non-hydrogen) atoms. The molecule has 0 fully saturated rings. The van der Waals surface area contributed by atoms with Crippen LogP contribution in [0.1, 0.15) is 63.8 Å². The molecule has 5 heteroatoms. The second-order valence-corrected chi connectivity index (χ2v) is 7.44. The minimum Gasteiger partial charge on any atom is -0.379 e. The summed E-state index contributed by atoms with van der Waals surface area (Å²) in [4.78, 5) is 8.49. The number of allylic oxidation sites excluding steroid dienone is 2. The molecule has 2 aromatic rings. The fraction of sp³-hybridized carbons (Fsp3) is 0.440. The van der Waals surface area contributed by atoms with Gasteiger partial charge in [0, 0.05) is 30.1 Å². The van der Waals surface area contributed by atoms with E-state index in [0.717, 1.165) is 32.3 Å². The molecule has 1 heterocycles. The SMILES string of the molecule is C=CCc1ccc(-c2cnc(C=CCCCC(C)OCCCCC)nc2)c(F)c1F. The molecule has 162 valence electrons. The van der Waals surface area contributed by atoms with Crippen molar-refractivity contribution in [1.29, 1.82) is 0 Å². The van der Waals surface area contributed by atoms with Crippen molar-refractivity contribution in [3.63, 3.8) is 0 Å². The quantitative estimate of drug-likeness (QED) is 0.263. The molecule has 1 aromatic carbocycles. The number of hydrogen-bond acceptors (Lipinski definition) is 3. The van der Waals surface area contributed by atoms with E-state index in [1.54, 1.807) is 18.2 Å². The summed E-state index contributed by atoms with van der Waals surface area (Å²) < 4.78 is 34.3. The highest BCUT2D eigenvalue weighted by molar-refractivity contribution is 5.63. The smallest absolute Gasteiger partial charge is 0.167 e. The van der Waals surface area contributed by atoms with Crippen molar-refractivity contribution in [3.8, 4) is 11.1 Å². The molecule has 1 atom stereocenters. The molecule has 2 rings (SSSR count). The van der Waals surface area contributed by atoms with E-state index in [1.165, 1.54) is 25.2 Å². The summed E-state index contributed by atoms with van der Waals surface area (Å²) in [6.07, 6.45) is 15.5. The van der Waals surface area contributed by atoms with Gasteiger partial charge in [0.05, 0.1) is 6.10 Å². The maximum atomic E-state index is 14.4. The van der Waals surface area contributed by atoms with E-state index < -0.39 is 11.6 Å². The van der Waals surface area contributed by atoms with Crippen molar-refractivity contribution in [3.05, 3.63) is 66.3 Å². The lowest BCUT2D eigenvalue weighted by Gasteiger charge is -2.11. The number of nitrogens with zero attached hydrogens (tertiary/aromatic N) is 2. The molecule has 0 saturated heterocycles. The first kappa shape index (κ1) is 23.9. The van der Waals surface area contributed by atoms with Crippen LogP contribution in [0.4, 0.5) is 8.78 Å². The van der Waals surface area contributed by atoms with Crippen molar-refractivity contribution in [2.75, 3.05) is 6.61 Å². The first-order valence-electron chi connectivity index (χ1n) is 10.7. The molecule has 0 spiro atoms. The lowest BCUT2D eigenvalue weighted by atomic mass is 10.0. The average molecular weight is 415 g/mol. The molecular formula is C25H32F2N2O. The summed E-state index contributed by atoms with van der Waals surface area (Å²) in [5.41, 5.74) is 0.888. The Hall–Kier alpha value is -2.40. The Labute approximate surface area is 178 Å². The third-order valence-corrected chi connectivity index (χ3v) is 4.91. The number of unbranched alkanes of at least 4 members (excludes halogenated alkanes) is 3. The fourth-order valence-electron chi connectivity index (χ4n) is 3.12. The molecule has 0 saturated carbocycles. The zero-order valence-corrected chi connectivity index (χ0v) is 18.0. The summed E-state index contributed by atoms with van der Waals surface area (Å²) in [5.74, 6) is -1.18. The maximum Gasteiger partial charge on any atom is 0.167 e. The van der Waals surface area contributed by atoms with Crippen molar-refractivity contribution < 1.29 is 13.5 Å². The minimum atomic E-state index is -0.882. The maximum absolute atomic E-state index is 14.4. The number of rotatable bonds is 13. The highest BCUT2D eigenvalue weighted by Gasteiger charge is 2.14. The summed E-state index contributed by atoms with van der Waals surface area (Å²) in [6, 6.07) is 3.12. The van der Waals surface area contributed by atoms with E-state index in [0.29, 0.717) is 11.4 Å². The van der Waals surface area contributed by atoms with Crippen LogP contribution < -0.4 is 0 Å². The summed E-state index contributed by atoms with van der Waals surface area (Å²) in [7, 11) is 0. The zero-order chi connectivity index (χ0) is 21.8. The lowest BCUT2D eigenvalue weighted by Crippen LogP contribution is -2.08. The van der Waals surface area contributed by atoms with Crippen LogP contribution in [-0.4, -0.2) is 22.7 Å². The van der Waals surface area contributed by atoms with Crippen LogP contribution in [-0.2, 0) is 11.2 Å². The van der Waals surface area contributed by atoms with E-state index >= 15 is 0 Å². The van der Waals surface area contributed by atoms with Gasteiger partial charge >= 0.3 is 0 Å². The largest absolute Gasteiger partial charge is 0.379 e. The number of ether oxygens (including phenoxy) is 1. The molecule has 0 aliphatic carbocycles. The molecule has 0 radical (unpaired) electrons. The molecule has 0 N–H and O–H groups in total. The molecule has 0 aliphatic heterocycles. The fourth-order valence-corrected chi connectivity index (χ4v) is 3.12. The number of aromatic nitrogens is 2. The third-order valence-electron chi connectivity index (χ3n) is 4.91. The highest BCUT2D eigenvalue weighted by atomic mass is 19.2. The van der Waals surface area contributed by atoms with Crippen LogP contribution in [0.25, 0.3) is 17.2 Å². The summed E-state index contributed by atoms with van der Waals surface area (Å²) in [5, 5.41) is 0. The van der Waals surface area contributed by atoms with E-state index in [1.807, 2.05) is 12.2 Å². The summed E-state index contributed by atoms with van der Waals surface area (Å²) in [6.45, 7) is 8.70. The highest BCUT2D eigenvalue weighted by Crippen LogP contribution is 2.26. The van der Waals surface area contributed by atoms with E-state index in [2.05, 4.69) is 30.4 Å². The van der Waals surface area contributed by atoms with Crippen molar-refractivity contribution >= 4 is 6.08 Å². The van der Waals surface area contributed by atoms with Crippen LogP contribution in [0.2, 0.25) is 0 Å². The Morgan fingerprint density at radius 2 is 1.87 bits per heavy atom. The molecule has 1 unspecified atom stereocenters. The Morgan fingerprint density at radius 3 is 2.57 bits per heavy atom. The van der Waals surface area contributed by atoms with Gasteiger partial charge < -0.3 is 4.74 Å². The second-order valence-electron chi connectivity index (χ2n) is 7.44. The van der Waals surface area contributed by atoms with E-state index in [-0.39, 0.29) is 23.7 Å². The van der Waals surface area contributed by atoms with Crippen LogP contribution in [0.15, 0.2) is 43.3 Å². The predicted octanol–water partition coefficient (Wildman–Crippen LogP) is 6.93. The predicted molar refractivity (Wildman–Crippen MR) is 119 cm³/mol. The van der Waals surface area contributed by atoms with Gasteiger partial charge in [-0.1, -0.05) is 44.1 Å². The first-order chi connectivity index (χ1) is 14.6. The molecule has 3 nitrogen and oxygen atoms in total. The number of hydrogen-bond donors (Lipinski definition) is 0. The topological polar surface area (TPSA) is 35.0 Å². The van der Waals surface area contributed by atoms with E-state index in [9.17, 15) is 8.78 Å². The van der Waals surface area contributed by atoms with Gasteiger partial charge in [-0.15, -0.1) is 6.58 Å². The van der Waals surface area contributed by atoms with Crippen molar-refractivity contribution in [2.45, 2.75) is 64.9 Å². The van der Waals surface area contributed by atoms with Gasteiger partial charge in [0.25, 0.3) is 0 Å². The van der Waals surface area contributed by atoms with Gasteiger partial charge in [-0.2, -0.15) is 0 Å². The first-order valence-corrected chi connectivity index (χ1v) is 10.7. The van der Waals surface area contributed by atoms with E-state index in [4.69, 9.17) is 4.74 Å². The monoisotopic (exact) mass is 414 g/mol.